The zero-order chi connectivity index (χ0) is 11.2. The van der Waals surface area contributed by atoms with Crippen LogP contribution in [0.5, 0.6) is 5.75 Å². The van der Waals surface area contributed by atoms with E-state index in [4.69, 9.17) is 16.3 Å². The minimum atomic E-state index is -0.635. The third-order valence-corrected chi connectivity index (χ3v) is 3.54. The molecule has 15 heavy (non-hydrogen) atoms. The number of methoxy groups -OCH3 is 1. The quantitative estimate of drug-likeness (QED) is 0.840. The normalized spacial score (nSPS) is 17.7. The summed E-state index contributed by atoms with van der Waals surface area (Å²) in [6, 6.07) is 1.89. The summed E-state index contributed by atoms with van der Waals surface area (Å²) in [5.41, 5.74) is 2.33. The average Bonchev–Trinajstić information content (AvgIpc) is 2.91. The standard InChI is InChI=1S/C12H15ClO2/c1-7-6-9(15-3)11(13)8(2)10(7)12(14)4-5-12/h6,14H,4-5H2,1-3H3. The molecule has 1 aliphatic carbocycles. The van der Waals surface area contributed by atoms with Crippen LogP contribution in [0.1, 0.15) is 29.5 Å². The highest BCUT2D eigenvalue weighted by Gasteiger charge is 2.44. The monoisotopic (exact) mass is 226 g/mol. The van der Waals surface area contributed by atoms with Gasteiger partial charge in [0.25, 0.3) is 0 Å². The summed E-state index contributed by atoms with van der Waals surface area (Å²) in [7, 11) is 1.60. The van der Waals surface area contributed by atoms with E-state index in [0.29, 0.717) is 10.8 Å². The van der Waals surface area contributed by atoms with Gasteiger partial charge in [0.15, 0.2) is 0 Å². The first-order valence-electron chi connectivity index (χ1n) is 5.06. The molecule has 0 spiro atoms. The maximum absolute atomic E-state index is 10.2. The molecule has 0 atom stereocenters. The predicted octanol–water partition coefficient (Wildman–Crippen LogP) is 2.95. The van der Waals surface area contributed by atoms with E-state index in [1.807, 2.05) is 19.9 Å². The zero-order valence-corrected chi connectivity index (χ0v) is 9.98. The number of hydrogen-bond donors (Lipinski definition) is 1. The summed E-state index contributed by atoms with van der Waals surface area (Å²) in [5, 5.41) is 10.8. The van der Waals surface area contributed by atoms with Crippen LogP contribution in [0.15, 0.2) is 6.07 Å². The molecule has 0 heterocycles. The number of aliphatic hydroxyl groups is 1. The number of rotatable bonds is 2. The molecule has 1 fully saturated rings. The van der Waals surface area contributed by atoms with Crippen molar-refractivity contribution in [2.45, 2.75) is 32.3 Å². The zero-order valence-electron chi connectivity index (χ0n) is 9.22. The SMILES string of the molecule is COc1cc(C)c(C2(O)CC2)c(C)c1Cl. The van der Waals surface area contributed by atoms with Gasteiger partial charge in [-0.3, -0.25) is 0 Å². The molecule has 3 heteroatoms. The molecule has 0 bridgehead atoms. The largest absolute Gasteiger partial charge is 0.495 e. The van der Waals surface area contributed by atoms with Crippen molar-refractivity contribution >= 4 is 11.6 Å². The van der Waals surface area contributed by atoms with Crippen LogP contribution in [0.4, 0.5) is 0 Å². The summed E-state index contributed by atoms with van der Waals surface area (Å²) in [6.45, 7) is 3.92. The predicted molar refractivity (Wildman–Crippen MR) is 60.6 cm³/mol. The second-order valence-electron chi connectivity index (χ2n) is 4.24. The van der Waals surface area contributed by atoms with Gasteiger partial charge in [0.05, 0.1) is 17.7 Å². The van der Waals surface area contributed by atoms with E-state index in [2.05, 4.69) is 0 Å². The molecule has 1 aromatic rings. The van der Waals surface area contributed by atoms with Crippen molar-refractivity contribution in [1.82, 2.24) is 0 Å². The van der Waals surface area contributed by atoms with Crippen LogP contribution < -0.4 is 4.74 Å². The molecule has 1 saturated carbocycles. The maximum atomic E-state index is 10.2. The fraction of sp³-hybridized carbons (Fsp3) is 0.500. The summed E-state index contributed by atoms with van der Waals surface area (Å²) in [5.74, 6) is 0.680. The molecule has 82 valence electrons. The minimum absolute atomic E-state index is 0.610. The molecule has 0 aliphatic heterocycles. The maximum Gasteiger partial charge on any atom is 0.138 e. The Balaban J connectivity index is 2.61. The van der Waals surface area contributed by atoms with Crippen molar-refractivity contribution in [2.75, 3.05) is 7.11 Å². The van der Waals surface area contributed by atoms with Gasteiger partial charge in [-0.2, -0.15) is 0 Å². The Hall–Kier alpha value is -0.730. The highest BCUT2D eigenvalue weighted by Crippen LogP contribution is 2.50. The lowest BCUT2D eigenvalue weighted by Gasteiger charge is -2.18. The number of ether oxygens (including phenoxy) is 1. The van der Waals surface area contributed by atoms with E-state index in [9.17, 15) is 5.11 Å². The number of aryl methyl sites for hydroxylation is 1. The topological polar surface area (TPSA) is 29.5 Å². The molecule has 0 aromatic heterocycles. The first-order valence-corrected chi connectivity index (χ1v) is 5.44. The van der Waals surface area contributed by atoms with Gasteiger partial charge in [0.1, 0.15) is 5.75 Å². The molecule has 2 nitrogen and oxygen atoms in total. The van der Waals surface area contributed by atoms with Gasteiger partial charge in [-0.1, -0.05) is 11.6 Å². The summed E-state index contributed by atoms with van der Waals surface area (Å²) >= 11 is 6.17. The van der Waals surface area contributed by atoms with Crippen LogP contribution in [0, 0.1) is 13.8 Å². The number of hydrogen-bond acceptors (Lipinski definition) is 2. The molecule has 0 unspecified atom stereocenters. The number of benzene rings is 1. The first kappa shape index (κ1) is 10.8. The van der Waals surface area contributed by atoms with Gasteiger partial charge in [-0.25, -0.2) is 0 Å². The fourth-order valence-electron chi connectivity index (χ4n) is 2.16. The lowest BCUT2D eigenvalue weighted by molar-refractivity contribution is 0.150. The smallest absolute Gasteiger partial charge is 0.138 e. The summed E-state index contributed by atoms with van der Waals surface area (Å²) < 4.78 is 5.18. The van der Waals surface area contributed by atoms with E-state index in [0.717, 1.165) is 29.5 Å². The van der Waals surface area contributed by atoms with E-state index in [-0.39, 0.29) is 0 Å². The molecular formula is C12H15ClO2. The van der Waals surface area contributed by atoms with Crippen molar-refractivity contribution in [1.29, 1.82) is 0 Å². The van der Waals surface area contributed by atoms with Crippen molar-refractivity contribution in [2.24, 2.45) is 0 Å². The molecule has 0 saturated heterocycles. The third-order valence-electron chi connectivity index (χ3n) is 3.07. The second-order valence-corrected chi connectivity index (χ2v) is 4.62. The van der Waals surface area contributed by atoms with Crippen LogP contribution in [0.2, 0.25) is 5.02 Å². The Morgan fingerprint density at radius 1 is 1.40 bits per heavy atom. The lowest BCUT2D eigenvalue weighted by atomic mass is 9.96. The van der Waals surface area contributed by atoms with Crippen molar-refractivity contribution < 1.29 is 9.84 Å². The Kier molecular flexibility index (Phi) is 2.44. The van der Waals surface area contributed by atoms with E-state index < -0.39 is 5.60 Å². The van der Waals surface area contributed by atoms with Crippen LogP contribution in [-0.2, 0) is 5.60 Å². The van der Waals surface area contributed by atoms with Gasteiger partial charge in [0, 0.05) is 0 Å². The van der Waals surface area contributed by atoms with Crippen molar-refractivity contribution in [3.8, 4) is 5.75 Å². The van der Waals surface area contributed by atoms with E-state index in [1.54, 1.807) is 7.11 Å². The minimum Gasteiger partial charge on any atom is -0.495 e. The van der Waals surface area contributed by atoms with E-state index >= 15 is 0 Å². The van der Waals surface area contributed by atoms with Gasteiger partial charge < -0.3 is 9.84 Å². The highest BCUT2D eigenvalue weighted by atomic mass is 35.5. The molecule has 1 N–H and O–H groups in total. The van der Waals surface area contributed by atoms with Crippen LogP contribution in [-0.4, -0.2) is 12.2 Å². The fourth-order valence-corrected chi connectivity index (χ4v) is 2.38. The molecule has 1 aromatic carbocycles. The van der Waals surface area contributed by atoms with Crippen LogP contribution in [0.3, 0.4) is 0 Å². The number of halogens is 1. The Bertz CT molecular complexity index is 409. The second kappa shape index (κ2) is 3.39. The Labute approximate surface area is 94.8 Å². The third kappa shape index (κ3) is 1.62. The summed E-state index contributed by atoms with van der Waals surface area (Å²) in [6.07, 6.45) is 1.66. The lowest BCUT2D eigenvalue weighted by Crippen LogP contribution is -2.10. The molecule has 1 aliphatic rings. The van der Waals surface area contributed by atoms with Crippen LogP contribution >= 0.6 is 11.6 Å². The van der Waals surface area contributed by atoms with Gasteiger partial charge >= 0.3 is 0 Å². The van der Waals surface area contributed by atoms with E-state index in [1.165, 1.54) is 0 Å². The average molecular weight is 227 g/mol. The van der Waals surface area contributed by atoms with Gasteiger partial charge in [-0.15, -0.1) is 0 Å². The Morgan fingerprint density at radius 3 is 2.47 bits per heavy atom. The van der Waals surface area contributed by atoms with Gasteiger partial charge in [-0.05, 0) is 49.4 Å². The molecule has 0 amide bonds. The van der Waals surface area contributed by atoms with Crippen LogP contribution in [0.25, 0.3) is 0 Å². The Morgan fingerprint density at radius 2 is 2.00 bits per heavy atom. The molecule has 2 rings (SSSR count). The highest BCUT2D eigenvalue weighted by molar-refractivity contribution is 6.33. The van der Waals surface area contributed by atoms with Crippen molar-refractivity contribution in [3.63, 3.8) is 0 Å². The van der Waals surface area contributed by atoms with Gasteiger partial charge in [0.2, 0.25) is 0 Å². The molecule has 0 radical (unpaired) electrons. The summed E-state index contributed by atoms with van der Waals surface area (Å²) in [4.78, 5) is 0. The first-order chi connectivity index (χ1) is 6.99. The molecular weight excluding hydrogens is 212 g/mol. The van der Waals surface area contributed by atoms with Crippen molar-refractivity contribution in [3.05, 3.63) is 27.8 Å².